The predicted octanol–water partition coefficient (Wildman–Crippen LogP) is 4.57. The average Bonchev–Trinajstić information content (AvgIpc) is 3.20. The fourth-order valence-corrected chi connectivity index (χ4v) is 4.42. The maximum absolute atomic E-state index is 12.8. The minimum atomic E-state index is -0.218. The number of aryl methyl sites for hydroxylation is 1. The molecule has 1 atom stereocenters. The van der Waals surface area contributed by atoms with Crippen LogP contribution in [0.4, 0.5) is 5.82 Å². The largest absolute Gasteiger partial charge is 0.493 e. The van der Waals surface area contributed by atoms with Gasteiger partial charge in [-0.3, -0.25) is 4.79 Å². The number of carbonyl (C=O) groups is 1. The Balaban J connectivity index is 1.58. The van der Waals surface area contributed by atoms with Crippen molar-refractivity contribution < 1.29 is 14.3 Å². The molecule has 1 aliphatic heterocycles. The standard InChI is InChI=1S/C25H23ClN6O3/c1-4-35-21-11-16(7-10-20(21)34-3)18-12-22(33)29-24-23(18)14(2)31-32(24)25-28-19(13-27-30-25)15-5-8-17(26)9-6-15/h5-11,13,18H,4,12H2,1-3H3,(H,29,33)/t18-/m1/s1. The first-order valence-corrected chi connectivity index (χ1v) is 11.5. The van der Waals surface area contributed by atoms with E-state index in [9.17, 15) is 4.79 Å². The second-order valence-electron chi connectivity index (χ2n) is 8.06. The molecule has 4 aromatic rings. The lowest BCUT2D eigenvalue weighted by Crippen LogP contribution is -2.25. The molecule has 10 heteroatoms. The van der Waals surface area contributed by atoms with Gasteiger partial charge in [-0.05, 0) is 43.7 Å². The number of nitrogens with zero attached hydrogens (tertiary/aromatic N) is 5. The average molecular weight is 491 g/mol. The molecule has 0 aliphatic carbocycles. The highest BCUT2D eigenvalue weighted by atomic mass is 35.5. The topological polar surface area (TPSA) is 104 Å². The van der Waals surface area contributed by atoms with Crippen LogP contribution in [0.5, 0.6) is 11.5 Å². The Morgan fingerprint density at radius 3 is 2.71 bits per heavy atom. The van der Waals surface area contributed by atoms with E-state index in [0.717, 1.165) is 22.4 Å². The summed E-state index contributed by atoms with van der Waals surface area (Å²) in [5, 5.41) is 16.6. The van der Waals surface area contributed by atoms with Crippen molar-refractivity contribution >= 4 is 23.3 Å². The third-order valence-corrected chi connectivity index (χ3v) is 6.12. The number of aromatic nitrogens is 5. The van der Waals surface area contributed by atoms with E-state index in [2.05, 4.69) is 25.6 Å². The van der Waals surface area contributed by atoms with Crippen LogP contribution in [-0.2, 0) is 4.79 Å². The molecule has 0 unspecified atom stereocenters. The number of amides is 1. The lowest BCUT2D eigenvalue weighted by Gasteiger charge is -2.25. The highest BCUT2D eigenvalue weighted by Gasteiger charge is 2.33. The third kappa shape index (κ3) is 4.30. The number of hydrogen-bond acceptors (Lipinski definition) is 7. The second-order valence-corrected chi connectivity index (χ2v) is 8.49. The number of ether oxygens (including phenoxy) is 2. The van der Waals surface area contributed by atoms with Crippen LogP contribution in [0.3, 0.4) is 0 Å². The predicted molar refractivity (Wildman–Crippen MR) is 131 cm³/mol. The Labute approximate surface area is 207 Å². The van der Waals surface area contributed by atoms with Crippen LogP contribution in [0.2, 0.25) is 5.02 Å². The molecule has 0 saturated carbocycles. The Morgan fingerprint density at radius 1 is 1.17 bits per heavy atom. The molecule has 0 saturated heterocycles. The smallest absolute Gasteiger partial charge is 0.272 e. The summed E-state index contributed by atoms with van der Waals surface area (Å²) in [6.07, 6.45) is 1.85. The molecule has 0 bridgehead atoms. The van der Waals surface area contributed by atoms with Gasteiger partial charge in [0.05, 0.1) is 31.3 Å². The lowest BCUT2D eigenvalue weighted by molar-refractivity contribution is -0.116. The number of methoxy groups -OCH3 is 1. The molecule has 9 nitrogen and oxygen atoms in total. The van der Waals surface area contributed by atoms with Crippen molar-refractivity contribution in [2.45, 2.75) is 26.2 Å². The molecule has 2 aromatic heterocycles. The minimum Gasteiger partial charge on any atom is -0.493 e. The summed E-state index contributed by atoms with van der Waals surface area (Å²) in [7, 11) is 1.60. The summed E-state index contributed by atoms with van der Waals surface area (Å²) < 4.78 is 12.7. The lowest BCUT2D eigenvalue weighted by atomic mass is 9.85. The molecule has 5 rings (SSSR count). The summed E-state index contributed by atoms with van der Waals surface area (Å²) in [5.74, 6) is 1.72. The van der Waals surface area contributed by atoms with Crippen LogP contribution in [-0.4, -0.2) is 44.6 Å². The number of benzene rings is 2. The molecule has 3 heterocycles. The molecule has 1 aliphatic rings. The van der Waals surface area contributed by atoms with Crippen molar-refractivity contribution in [1.29, 1.82) is 0 Å². The van der Waals surface area contributed by atoms with E-state index >= 15 is 0 Å². The quantitative estimate of drug-likeness (QED) is 0.422. The monoisotopic (exact) mass is 490 g/mol. The van der Waals surface area contributed by atoms with Crippen molar-refractivity contribution in [2.75, 3.05) is 19.0 Å². The van der Waals surface area contributed by atoms with Crippen molar-refractivity contribution in [3.05, 3.63) is 70.5 Å². The van der Waals surface area contributed by atoms with Gasteiger partial charge in [0.2, 0.25) is 5.91 Å². The van der Waals surface area contributed by atoms with Crippen molar-refractivity contribution in [3.8, 4) is 28.7 Å². The van der Waals surface area contributed by atoms with Gasteiger partial charge in [0.1, 0.15) is 5.82 Å². The Hall–Kier alpha value is -3.98. The number of nitrogens with one attached hydrogen (secondary N) is 1. The van der Waals surface area contributed by atoms with Gasteiger partial charge in [-0.25, -0.2) is 4.98 Å². The molecule has 178 valence electrons. The van der Waals surface area contributed by atoms with Crippen LogP contribution in [0.25, 0.3) is 17.2 Å². The van der Waals surface area contributed by atoms with Crippen LogP contribution in [0.1, 0.15) is 36.1 Å². The zero-order valence-corrected chi connectivity index (χ0v) is 20.2. The number of rotatable bonds is 6. The molecule has 0 radical (unpaired) electrons. The van der Waals surface area contributed by atoms with Gasteiger partial charge < -0.3 is 14.8 Å². The first-order valence-electron chi connectivity index (χ1n) is 11.1. The zero-order chi connectivity index (χ0) is 24.5. The van der Waals surface area contributed by atoms with E-state index in [1.54, 1.807) is 25.4 Å². The van der Waals surface area contributed by atoms with Crippen molar-refractivity contribution in [1.82, 2.24) is 25.0 Å². The number of carbonyl (C=O) groups excluding carboxylic acids is 1. The van der Waals surface area contributed by atoms with Gasteiger partial charge >= 0.3 is 0 Å². The first kappa shape index (κ1) is 22.8. The summed E-state index contributed by atoms with van der Waals surface area (Å²) in [4.78, 5) is 17.4. The maximum atomic E-state index is 12.8. The van der Waals surface area contributed by atoms with Gasteiger partial charge in [0.15, 0.2) is 11.5 Å². The van der Waals surface area contributed by atoms with Gasteiger partial charge in [0.25, 0.3) is 5.95 Å². The van der Waals surface area contributed by atoms with Gasteiger partial charge in [-0.2, -0.15) is 14.9 Å². The molecule has 1 amide bonds. The second kappa shape index (κ2) is 9.34. The molecule has 0 fully saturated rings. The molecular weight excluding hydrogens is 468 g/mol. The van der Waals surface area contributed by atoms with E-state index < -0.39 is 0 Å². The van der Waals surface area contributed by atoms with Crippen LogP contribution < -0.4 is 14.8 Å². The molecular formula is C25H23ClN6O3. The van der Waals surface area contributed by atoms with Gasteiger partial charge in [-0.1, -0.05) is 29.8 Å². The molecule has 2 aromatic carbocycles. The summed E-state index contributed by atoms with van der Waals surface area (Å²) in [6.45, 7) is 4.32. The molecule has 1 N–H and O–H groups in total. The maximum Gasteiger partial charge on any atom is 0.272 e. The number of fused-ring (bicyclic) bond motifs is 1. The van der Waals surface area contributed by atoms with Crippen LogP contribution in [0.15, 0.2) is 48.7 Å². The number of anilines is 1. The van der Waals surface area contributed by atoms with E-state index in [0.29, 0.717) is 34.6 Å². The molecule has 35 heavy (non-hydrogen) atoms. The molecule has 0 spiro atoms. The van der Waals surface area contributed by atoms with Gasteiger partial charge in [0, 0.05) is 28.5 Å². The summed E-state index contributed by atoms with van der Waals surface area (Å²) in [6, 6.07) is 13.0. The fraction of sp³-hybridized carbons (Fsp3) is 0.240. The highest BCUT2D eigenvalue weighted by molar-refractivity contribution is 6.30. The van der Waals surface area contributed by atoms with Gasteiger partial charge in [-0.15, -0.1) is 5.10 Å². The van der Waals surface area contributed by atoms with E-state index in [4.69, 9.17) is 21.1 Å². The van der Waals surface area contributed by atoms with Crippen LogP contribution >= 0.6 is 11.6 Å². The van der Waals surface area contributed by atoms with Crippen molar-refractivity contribution in [3.63, 3.8) is 0 Å². The SMILES string of the molecule is CCOc1cc([C@H]2CC(=O)Nc3c2c(C)nn3-c2nncc(-c3ccc(Cl)cc3)n2)ccc1OC. The van der Waals surface area contributed by atoms with E-state index in [1.807, 2.05) is 44.2 Å². The minimum absolute atomic E-state index is 0.126. The first-order chi connectivity index (χ1) is 17.0. The Bertz CT molecular complexity index is 1400. The van der Waals surface area contributed by atoms with Crippen LogP contribution in [0, 0.1) is 6.92 Å². The van der Waals surface area contributed by atoms with Crippen molar-refractivity contribution in [2.24, 2.45) is 0 Å². The van der Waals surface area contributed by atoms with E-state index in [1.165, 1.54) is 4.68 Å². The highest BCUT2D eigenvalue weighted by Crippen LogP contribution is 2.42. The van der Waals surface area contributed by atoms with E-state index in [-0.39, 0.29) is 24.2 Å². The number of hydrogen-bond donors (Lipinski definition) is 1. The fourth-order valence-electron chi connectivity index (χ4n) is 4.30. The third-order valence-electron chi connectivity index (χ3n) is 5.87. The number of halogens is 1. The summed E-state index contributed by atoms with van der Waals surface area (Å²) in [5.41, 5.74) is 4.05. The summed E-state index contributed by atoms with van der Waals surface area (Å²) >= 11 is 6.01. The normalized spacial score (nSPS) is 14.9. The Kier molecular flexibility index (Phi) is 6.08. The Morgan fingerprint density at radius 2 is 1.97 bits per heavy atom. The zero-order valence-electron chi connectivity index (χ0n) is 19.4.